The van der Waals surface area contributed by atoms with Crippen molar-refractivity contribution in [3.63, 3.8) is 0 Å². The van der Waals surface area contributed by atoms with Crippen molar-refractivity contribution in [1.82, 2.24) is 9.21 Å². The van der Waals surface area contributed by atoms with Crippen molar-refractivity contribution in [2.75, 3.05) is 39.0 Å². The molecule has 0 unspecified atom stereocenters. The van der Waals surface area contributed by atoms with Gasteiger partial charge in [-0.05, 0) is 42.5 Å². The summed E-state index contributed by atoms with van der Waals surface area (Å²) >= 11 is 0. The SMILES string of the molecule is COc1ccc(S(=O)(=O)N2CCN(C(=O)c3cccc(N)c3)CC2)cc1.Cl. The molecule has 1 heterocycles. The van der Waals surface area contributed by atoms with Crippen LogP contribution in [0.3, 0.4) is 0 Å². The highest BCUT2D eigenvalue weighted by Crippen LogP contribution is 2.21. The third kappa shape index (κ3) is 4.52. The molecule has 0 aromatic heterocycles. The third-order valence-electron chi connectivity index (χ3n) is 4.36. The molecule has 9 heteroatoms. The summed E-state index contributed by atoms with van der Waals surface area (Å²) in [6, 6.07) is 13.1. The van der Waals surface area contributed by atoms with Crippen LogP contribution in [0, 0.1) is 0 Å². The lowest BCUT2D eigenvalue weighted by Gasteiger charge is -2.34. The zero-order valence-electron chi connectivity index (χ0n) is 14.9. The Hall–Kier alpha value is -2.29. The van der Waals surface area contributed by atoms with Crippen LogP contribution in [0.25, 0.3) is 0 Å². The second-order valence-corrected chi connectivity index (χ2v) is 7.94. The molecule has 7 nitrogen and oxygen atoms in total. The Morgan fingerprint density at radius 2 is 1.67 bits per heavy atom. The van der Waals surface area contributed by atoms with Crippen molar-refractivity contribution in [2.45, 2.75) is 4.90 Å². The first-order valence-electron chi connectivity index (χ1n) is 8.21. The van der Waals surface area contributed by atoms with E-state index in [2.05, 4.69) is 0 Å². The fraction of sp³-hybridized carbons (Fsp3) is 0.278. The Morgan fingerprint density at radius 3 is 2.22 bits per heavy atom. The maximum absolute atomic E-state index is 12.7. The number of amides is 1. The lowest BCUT2D eigenvalue weighted by atomic mass is 10.1. The molecule has 146 valence electrons. The van der Waals surface area contributed by atoms with E-state index >= 15 is 0 Å². The first-order chi connectivity index (χ1) is 12.4. The van der Waals surface area contributed by atoms with Crippen LogP contribution in [0.2, 0.25) is 0 Å². The third-order valence-corrected chi connectivity index (χ3v) is 6.27. The number of carbonyl (C=O) groups is 1. The van der Waals surface area contributed by atoms with E-state index in [1.165, 1.54) is 23.5 Å². The first kappa shape index (κ1) is 21.0. The van der Waals surface area contributed by atoms with Gasteiger partial charge >= 0.3 is 0 Å². The molecule has 0 radical (unpaired) electrons. The Kier molecular flexibility index (Phi) is 6.69. The Balaban J connectivity index is 0.00000261. The van der Waals surface area contributed by atoms with Gasteiger partial charge in [-0.3, -0.25) is 4.79 Å². The summed E-state index contributed by atoms with van der Waals surface area (Å²) in [6.45, 7) is 1.18. The van der Waals surface area contributed by atoms with Crippen molar-refractivity contribution < 1.29 is 17.9 Å². The minimum atomic E-state index is -3.59. The first-order valence-corrected chi connectivity index (χ1v) is 9.65. The Morgan fingerprint density at radius 1 is 1.04 bits per heavy atom. The van der Waals surface area contributed by atoms with Crippen LogP contribution in [0.15, 0.2) is 53.4 Å². The van der Waals surface area contributed by atoms with E-state index in [0.717, 1.165) is 0 Å². The monoisotopic (exact) mass is 411 g/mol. The fourth-order valence-electron chi connectivity index (χ4n) is 2.88. The highest BCUT2D eigenvalue weighted by molar-refractivity contribution is 7.89. The predicted molar refractivity (Wildman–Crippen MR) is 106 cm³/mol. The molecule has 3 rings (SSSR count). The number of hydrogen-bond acceptors (Lipinski definition) is 5. The molecule has 2 aromatic rings. The highest BCUT2D eigenvalue weighted by Gasteiger charge is 2.30. The van der Waals surface area contributed by atoms with Gasteiger partial charge in [-0.25, -0.2) is 8.42 Å². The number of hydrogen-bond donors (Lipinski definition) is 1. The Labute approximate surface area is 165 Å². The topological polar surface area (TPSA) is 92.9 Å². The maximum atomic E-state index is 12.7. The molecule has 1 saturated heterocycles. The van der Waals surface area contributed by atoms with Gasteiger partial charge in [0.1, 0.15) is 5.75 Å². The quantitative estimate of drug-likeness (QED) is 0.775. The van der Waals surface area contributed by atoms with Gasteiger partial charge in [-0.15, -0.1) is 12.4 Å². The zero-order chi connectivity index (χ0) is 18.7. The van der Waals surface area contributed by atoms with Crippen LogP contribution in [-0.4, -0.2) is 56.8 Å². The number of piperazine rings is 1. The van der Waals surface area contributed by atoms with Crippen molar-refractivity contribution >= 4 is 34.0 Å². The van der Waals surface area contributed by atoms with Crippen molar-refractivity contribution in [3.05, 3.63) is 54.1 Å². The van der Waals surface area contributed by atoms with Gasteiger partial charge in [0.2, 0.25) is 10.0 Å². The van der Waals surface area contributed by atoms with Crippen LogP contribution in [0.5, 0.6) is 5.75 Å². The van der Waals surface area contributed by atoms with E-state index < -0.39 is 10.0 Å². The second-order valence-electron chi connectivity index (χ2n) is 6.00. The molecule has 2 aromatic carbocycles. The number of ether oxygens (including phenoxy) is 1. The minimum Gasteiger partial charge on any atom is -0.497 e. The van der Waals surface area contributed by atoms with Crippen molar-refractivity contribution in [1.29, 1.82) is 0 Å². The molecule has 1 amide bonds. The standard InChI is InChI=1S/C18H21N3O4S.ClH/c1-25-16-5-7-17(8-6-16)26(23,24)21-11-9-20(10-12-21)18(22)14-3-2-4-15(19)13-14;/h2-8,13H,9-12,19H2,1H3;1H. The second kappa shape index (κ2) is 8.60. The molecule has 0 bridgehead atoms. The molecule has 1 aliphatic rings. The normalized spacial score (nSPS) is 15.1. The number of nitrogens with zero attached hydrogens (tertiary/aromatic N) is 2. The Bertz CT molecular complexity index is 895. The number of rotatable bonds is 4. The van der Waals surface area contributed by atoms with Crippen LogP contribution in [0.4, 0.5) is 5.69 Å². The summed E-state index contributed by atoms with van der Waals surface area (Å²) in [5.41, 5.74) is 6.76. The molecule has 2 N–H and O–H groups in total. The van der Waals surface area contributed by atoms with Crippen LogP contribution in [0.1, 0.15) is 10.4 Å². The molecule has 1 fully saturated rings. The molecule has 0 spiro atoms. The summed E-state index contributed by atoms with van der Waals surface area (Å²) < 4.78 is 31.9. The number of nitrogens with two attached hydrogens (primary N) is 1. The van der Waals surface area contributed by atoms with Gasteiger partial charge in [0.25, 0.3) is 5.91 Å². The lowest BCUT2D eigenvalue weighted by Crippen LogP contribution is -2.50. The van der Waals surface area contributed by atoms with E-state index in [4.69, 9.17) is 10.5 Å². The van der Waals surface area contributed by atoms with Gasteiger partial charge in [-0.1, -0.05) is 6.07 Å². The van der Waals surface area contributed by atoms with Crippen molar-refractivity contribution in [2.24, 2.45) is 0 Å². The number of sulfonamides is 1. The lowest BCUT2D eigenvalue weighted by molar-refractivity contribution is 0.0698. The van der Waals surface area contributed by atoms with E-state index in [1.807, 2.05) is 0 Å². The molecular weight excluding hydrogens is 390 g/mol. The van der Waals surface area contributed by atoms with Crippen LogP contribution >= 0.6 is 12.4 Å². The van der Waals surface area contributed by atoms with Crippen LogP contribution in [-0.2, 0) is 10.0 Å². The molecule has 0 atom stereocenters. The largest absolute Gasteiger partial charge is 0.497 e. The summed E-state index contributed by atoms with van der Waals surface area (Å²) in [4.78, 5) is 14.4. The van der Waals surface area contributed by atoms with E-state index in [0.29, 0.717) is 30.1 Å². The maximum Gasteiger partial charge on any atom is 0.254 e. The summed E-state index contributed by atoms with van der Waals surface area (Å²) in [6.07, 6.45) is 0. The molecule has 0 aliphatic carbocycles. The predicted octanol–water partition coefficient (Wildman–Crippen LogP) is 1.85. The molecule has 1 aliphatic heterocycles. The number of anilines is 1. The van der Waals surface area contributed by atoms with Crippen molar-refractivity contribution in [3.8, 4) is 5.75 Å². The van der Waals surface area contributed by atoms with Gasteiger partial charge in [-0.2, -0.15) is 4.31 Å². The van der Waals surface area contributed by atoms with E-state index in [1.54, 1.807) is 41.3 Å². The summed E-state index contributed by atoms with van der Waals surface area (Å²) in [5, 5.41) is 0. The van der Waals surface area contributed by atoms with Crippen LogP contribution < -0.4 is 10.5 Å². The van der Waals surface area contributed by atoms with Gasteiger partial charge in [0.15, 0.2) is 0 Å². The average molecular weight is 412 g/mol. The summed E-state index contributed by atoms with van der Waals surface area (Å²) in [5.74, 6) is 0.459. The van der Waals surface area contributed by atoms with Gasteiger partial charge in [0.05, 0.1) is 12.0 Å². The van der Waals surface area contributed by atoms with E-state index in [-0.39, 0.29) is 36.3 Å². The molecule has 0 saturated carbocycles. The highest BCUT2D eigenvalue weighted by atomic mass is 35.5. The number of nitrogen functional groups attached to an aromatic ring is 1. The number of carbonyl (C=O) groups excluding carboxylic acids is 1. The minimum absolute atomic E-state index is 0. The summed E-state index contributed by atoms with van der Waals surface area (Å²) in [7, 11) is -2.06. The molecule has 27 heavy (non-hydrogen) atoms. The van der Waals surface area contributed by atoms with E-state index in [9.17, 15) is 13.2 Å². The fourth-order valence-corrected chi connectivity index (χ4v) is 4.30. The van der Waals surface area contributed by atoms with Gasteiger partial charge < -0.3 is 15.4 Å². The zero-order valence-corrected chi connectivity index (χ0v) is 16.5. The van der Waals surface area contributed by atoms with Gasteiger partial charge in [0, 0.05) is 37.4 Å². The number of benzene rings is 2. The smallest absolute Gasteiger partial charge is 0.254 e. The average Bonchev–Trinajstić information content (AvgIpc) is 2.67. The number of halogens is 1. The number of methoxy groups -OCH3 is 1. The molecular formula is C18H22ClN3O4S.